The predicted molar refractivity (Wildman–Crippen MR) is 86.7 cm³/mol. The van der Waals surface area contributed by atoms with Crippen molar-refractivity contribution in [2.24, 2.45) is 0 Å². The summed E-state index contributed by atoms with van der Waals surface area (Å²) in [5.74, 6) is 0. The fraction of sp³-hybridized carbons (Fsp3) is 0.200. The maximum atomic E-state index is 10.3. The summed E-state index contributed by atoms with van der Waals surface area (Å²) in [6.07, 6.45) is -0.0730. The van der Waals surface area contributed by atoms with E-state index in [1.165, 1.54) is 0 Å². The van der Waals surface area contributed by atoms with Gasteiger partial charge in [0.25, 0.3) is 0 Å². The highest BCUT2D eigenvalue weighted by molar-refractivity contribution is 9.11. The van der Waals surface area contributed by atoms with Crippen molar-refractivity contribution in [2.45, 2.75) is 19.4 Å². The molecule has 1 nitrogen and oxygen atoms in total. The number of aryl methyl sites for hydroxylation is 1. The minimum Gasteiger partial charge on any atom is -0.388 e. The van der Waals surface area contributed by atoms with E-state index in [0.29, 0.717) is 11.4 Å². The first kappa shape index (κ1) is 15.0. The lowest BCUT2D eigenvalue weighted by Gasteiger charge is -2.13. The fourth-order valence-electron chi connectivity index (χ4n) is 1.91. The van der Waals surface area contributed by atoms with Gasteiger partial charge >= 0.3 is 0 Å². The van der Waals surface area contributed by atoms with Gasteiger partial charge in [0.05, 0.1) is 6.10 Å². The minimum absolute atomic E-state index is 0.502. The van der Waals surface area contributed by atoms with Gasteiger partial charge in [-0.1, -0.05) is 55.6 Å². The lowest BCUT2D eigenvalue weighted by molar-refractivity contribution is 0.178. The third-order valence-electron chi connectivity index (χ3n) is 2.89. The maximum Gasteiger partial charge on any atom is 0.0831 e. The Hall–Kier alpha value is -0.350. The summed E-state index contributed by atoms with van der Waals surface area (Å²) in [7, 11) is 0. The van der Waals surface area contributed by atoms with Crippen molar-refractivity contribution < 1.29 is 5.11 Å². The first-order chi connectivity index (χ1) is 8.95. The molecule has 4 heteroatoms. The molecule has 0 heterocycles. The molecule has 1 N–H and O–H groups in total. The van der Waals surface area contributed by atoms with Crippen LogP contribution in [0.1, 0.15) is 22.8 Å². The van der Waals surface area contributed by atoms with Gasteiger partial charge in [0.15, 0.2) is 0 Å². The summed E-state index contributed by atoms with van der Waals surface area (Å²) < 4.78 is 1.87. The average Bonchev–Trinajstić information content (AvgIpc) is 2.31. The summed E-state index contributed by atoms with van der Waals surface area (Å²) >= 11 is 13.0. The van der Waals surface area contributed by atoms with Crippen molar-refractivity contribution in [2.75, 3.05) is 0 Å². The molecule has 2 rings (SSSR count). The quantitative estimate of drug-likeness (QED) is 0.721. The zero-order chi connectivity index (χ0) is 14.0. The van der Waals surface area contributed by atoms with Gasteiger partial charge in [0, 0.05) is 20.4 Å². The molecular weight excluding hydrogens is 391 g/mol. The molecule has 0 aromatic heterocycles. The van der Waals surface area contributed by atoms with Crippen LogP contribution in [0.2, 0.25) is 5.02 Å². The van der Waals surface area contributed by atoms with E-state index in [0.717, 1.165) is 25.6 Å². The van der Waals surface area contributed by atoms with Crippen molar-refractivity contribution in [3.8, 4) is 0 Å². The zero-order valence-corrected chi connectivity index (χ0v) is 14.3. The molecule has 0 bridgehead atoms. The number of hydrogen-bond donors (Lipinski definition) is 1. The van der Waals surface area contributed by atoms with Gasteiger partial charge in [0.1, 0.15) is 0 Å². The summed E-state index contributed by atoms with van der Waals surface area (Å²) in [5, 5.41) is 11.0. The topological polar surface area (TPSA) is 20.2 Å². The highest BCUT2D eigenvalue weighted by atomic mass is 79.9. The maximum absolute atomic E-state index is 10.3. The van der Waals surface area contributed by atoms with Crippen molar-refractivity contribution in [1.29, 1.82) is 0 Å². The molecule has 0 saturated heterocycles. The molecule has 2 aromatic rings. The van der Waals surface area contributed by atoms with Crippen LogP contribution < -0.4 is 0 Å². The molecule has 0 amide bonds. The van der Waals surface area contributed by atoms with E-state index in [4.69, 9.17) is 11.6 Å². The number of aliphatic hydroxyl groups is 1. The molecule has 19 heavy (non-hydrogen) atoms. The summed E-state index contributed by atoms with van der Waals surface area (Å²) in [4.78, 5) is 0. The summed E-state index contributed by atoms with van der Waals surface area (Å²) in [6.45, 7) is 2.00. The smallest absolute Gasteiger partial charge is 0.0831 e. The molecule has 0 aliphatic heterocycles. The van der Waals surface area contributed by atoms with Crippen LogP contribution in [0.15, 0.2) is 45.3 Å². The second-order valence-electron chi connectivity index (χ2n) is 4.52. The molecule has 1 unspecified atom stereocenters. The second-order valence-corrected chi connectivity index (χ2v) is 6.76. The first-order valence-corrected chi connectivity index (χ1v) is 7.81. The van der Waals surface area contributed by atoms with Gasteiger partial charge in [-0.3, -0.25) is 0 Å². The van der Waals surface area contributed by atoms with Crippen molar-refractivity contribution >= 4 is 43.5 Å². The Morgan fingerprint density at radius 1 is 1.11 bits per heavy atom. The van der Waals surface area contributed by atoms with Crippen molar-refractivity contribution in [3.05, 3.63) is 67.1 Å². The largest absolute Gasteiger partial charge is 0.388 e. The molecule has 0 saturated carbocycles. The molecule has 0 fully saturated rings. The number of benzene rings is 2. The Labute approximate surface area is 134 Å². The van der Waals surface area contributed by atoms with Crippen LogP contribution in [0.5, 0.6) is 0 Å². The Kier molecular flexibility index (Phi) is 5.07. The minimum atomic E-state index is -0.575. The molecule has 2 aromatic carbocycles. The van der Waals surface area contributed by atoms with Crippen molar-refractivity contribution in [3.63, 3.8) is 0 Å². The Balaban J connectivity index is 2.22. The molecule has 100 valence electrons. The van der Waals surface area contributed by atoms with Crippen LogP contribution in [0.4, 0.5) is 0 Å². The Morgan fingerprint density at radius 3 is 2.32 bits per heavy atom. The van der Waals surface area contributed by atoms with Crippen LogP contribution in [0, 0.1) is 6.92 Å². The van der Waals surface area contributed by atoms with Gasteiger partial charge in [-0.25, -0.2) is 0 Å². The average molecular weight is 405 g/mol. The highest BCUT2D eigenvalue weighted by Gasteiger charge is 2.12. The number of hydrogen-bond acceptors (Lipinski definition) is 1. The van der Waals surface area contributed by atoms with E-state index < -0.39 is 6.10 Å². The molecule has 0 radical (unpaired) electrons. The Morgan fingerprint density at radius 2 is 1.74 bits per heavy atom. The fourth-order valence-corrected chi connectivity index (χ4v) is 3.55. The van der Waals surface area contributed by atoms with Crippen LogP contribution in [-0.4, -0.2) is 5.11 Å². The van der Waals surface area contributed by atoms with E-state index in [-0.39, 0.29) is 0 Å². The van der Waals surface area contributed by atoms with Gasteiger partial charge in [-0.2, -0.15) is 0 Å². The predicted octanol–water partition coefficient (Wildman–Crippen LogP) is 5.45. The standard InChI is InChI=1S/C15H13Br2ClO/c1-9-2-3-10(14(18)4-9)7-15(19)11-5-12(16)8-13(17)6-11/h2-6,8,15,19H,7H2,1H3. The van der Waals surface area contributed by atoms with Gasteiger partial charge in [0.2, 0.25) is 0 Å². The molecular formula is C15H13Br2ClO. The highest BCUT2D eigenvalue weighted by Crippen LogP contribution is 2.28. The number of rotatable bonds is 3. The van der Waals surface area contributed by atoms with Crippen molar-refractivity contribution in [1.82, 2.24) is 0 Å². The first-order valence-electron chi connectivity index (χ1n) is 5.85. The second kappa shape index (κ2) is 6.40. The number of aliphatic hydroxyl groups excluding tert-OH is 1. The SMILES string of the molecule is Cc1ccc(CC(O)c2cc(Br)cc(Br)c2)c(Cl)c1. The van der Waals surface area contributed by atoms with Crippen LogP contribution >= 0.6 is 43.5 Å². The van der Waals surface area contributed by atoms with E-state index in [1.807, 2.05) is 43.3 Å². The third-order valence-corrected chi connectivity index (χ3v) is 4.16. The van der Waals surface area contributed by atoms with E-state index in [2.05, 4.69) is 31.9 Å². The van der Waals surface area contributed by atoms with E-state index in [9.17, 15) is 5.11 Å². The van der Waals surface area contributed by atoms with Crippen LogP contribution in [0.25, 0.3) is 0 Å². The zero-order valence-electron chi connectivity index (χ0n) is 10.3. The van der Waals surface area contributed by atoms with Crippen LogP contribution in [0.3, 0.4) is 0 Å². The monoisotopic (exact) mass is 402 g/mol. The molecule has 0 spiro atoms. The van der Waals surface area contributed by atoms with Gasteiger partial charge < -0.3 is 5.11 Å². The summed E-state index contributed by atoms with van der Waals surface area (Å²) in [6, 6.07) is 11.7. The van der Waals surface area contributed by atoms with E-state index >= 15 is 0 Å². The number of halogens is 3. The van der Waals surface area contributed by atoms with E-state index in [1.54, 1.807) is 0 Å². The van der Waals surface area contributed by atoms with Gasteiger partial charge in [-0.05, 0) is 47.9 Å². The van der Waals surface area contributed by atoms with Gasteiger partial charge in [-0.15, -0.1) is 0 Å². The normalized spacial score (nSPS) is 12.5. The lowest BCUT2D eigenvalue weighted by atomic mass is 10.0. The lowest BCUT2D eigenvalue weighted by Crippen LogP contribution is -2.02. The molecule has 1 atom stereocenters. The Bertz CT molecular complexity index is 578. The molecule has 0 aliphatic carbocycles. The molecule has 0 aliphatic rings. The van der Waals surface area contributed by atoms with Crippen LogP contribution in [-0.2, 0) is 6.42 Å². The third kappa shape index (κ3) is 4.06. The summed E-state index contributed by atoms with van der Waals surface area (Å²) in [5.41, 5.74) is 2.93.